The minimum absolute atomic E-state index is 0.0807. The molecule has 0 radical (unpaired) electrons. The molecule has 1 spiro atoms. The van der Waals surface area contributed by atoms with Gasteiger partial charge in [0.2, 0.25) is 0 Å². The molecule has 2 heteroatoms. The molecular formula is C11H16O2. The van der Waals surface area contributed by atoms with Crippen molar-refractivity contribution < 1.29 is 9.53 Å². The predicted molar refractivity (Wildman–Crippen MR) is 50.5 cm³/mol. The predicted octanol–water partition coefficient (Wildman–Crippen LogP) is 2.09. The van der Waals surface area contributed by atoms with Crippen LogP contribution in [0, 0.1) is 5.92 Å². The topological polar surface area (TPSA) is 26.3 Å². The van der Waals surface area contributed by atoms with E-state index < -0.39 is 0 Å². The highest BCUT2D eigenvalue weighted by Crippen LogP contribution is 2.40. The van der Waals surface area contributed by atoms with Crippen molar-refractivity contribution >= 4 is 5.78 Å². The Morgan fingerprint density at radius 2 is 2.54 bits per heavy atom. The lowest BCUT2D eigenvalue weighted by Crippen LogP contribution is -2.38. The van der Waals surface area contributed by atoms with Crippen molar-refractivity contribution in [3.8, 4) is 0 Å². The zero-order valence-electron chi connectivity index (χ0n) is 8.08. The van der Waals surface area contributed by atoms with Gasteiger partial charge in [0.05, 0.1) is 5.60 Å². The van der Waals surface area contributed by atoms with Crippen molar-refractivity contribution in [3.05, 3.63) is 12.2 Å². The number of allylic oxidation sites excluding steroid dienone is 1. The van der Waals surface area contributed by atoms with E-state index in [1.807, 2.05) is 6.08 Å². The molecular weight excluding hydrogens is 164 g/mol. The summed E-state index contributed by atoms with van der Waals surface area (Å²) in [5.74, 6) is 0.667. The van der Waals surface area contributed by atoms with E-state index in [1.165, 1.54) is 0 Å². The second kappa shape index (κ2) is 3.26. The number of hydrogen-bond acceptors (Lipinski definition) is 2. The number of rotatable bonds is 1. The Morgan fingerprint density at radius 1 is 1.69 bits per heavy atom. The van der Waals surface area contributed by atoms with Crippen LogP contribution in [0.1, 0.15) is 32.6 Å². The fourth-order valence-corrected chi connectivity index (χ4v) is 2.48. The van der Waals surface area contributed by atoms with Gasteiger partial charge in [0, 0.05) is 13.0 Å². The molecule has 1 heterocycles. The van der Waals surface area contributed by atoms with E-state index in [2.05, 4.69) is 6.92 Å². The second-order valence-corrected chi connectivity index (χ2v) is 4.02. The van der Waals surface area contributed by atoms with Gasteiger partial charge in [0.25, 0.3) is 0 Å². The molecule has 0 aromatic heterocycles. The zero-order valence-corrected chi connectivity index (χ0v) is 8.08. The normalized spacial score (nSPS) is 38.8. The van der Waals surface area contributed by atoms with E-state index in [1.54, 1.807) is 6.08 Å². The number of hydrogen-bond donors (Lipinski definition) is 0. The Kier molecular flexibility index (Phi) is 2.24. The molecule has 2 nitrogen and oxygen atoms in total. The minimum atomic E-state index is -0.0807. The molecule has 0 aromatic rings. The van der Waals surface area contributed by atoms with Gasteiger partial charge < -0.3 is 4.74 Å². The Hall–Kier alpha value is -0.630. The Bertz CT molecular complexity index is 236. The highest BCUT2D eigenvalue weighted by molar-refractivity contribution is 5.91. The molecule has 1 aliphatic heterocycles. The van der Waals surface area contributed by atoms with Crippen LogP contribution >= 0.6 is 0 Å². The molecule has 0 aromatic carbocycles. The first-order chi connectivity index (χ1) is 6.27. The van der Waals surface area contributed by atoms with Crippen LogP contribution in [0.15, 0.2) is 12.2 Å². The van der Waals surface area contributed by atoms with Crippen molar-refractivity contribution in [1.29, 1.82) is 0 Å². The summed E-state index contributed by atoms with van der Waals surface area (Å²) in [4.78, 5) is 11.2. The average Bonchev–Trinajstić information content (AvgIpc) is 2.59. The van der Waals surface area contributed by atoms with E-state index in [0.717, 1.165) is 25.9 Å². The monoisotopic (exact) mass is 180 g/mol. The van der Waals surface area contributed by atoms with Crippen molar-refractivity contribution in [2.24, 2.45) is 5.92 Å². The van der Waals surface area contributed by atoms with Crippen LogP contribution in [0.2, 0.25) is 0 Å². The molecule has 2 rings (SSSR count). The van der Waals surface area contributed by atoms with E-state index >= 15 is 0 Å². The van der Waals surface area contributed by atoms with Gasteiger partial charge in [-0.3, -0.25) is 4.79 Å². The summed E-state index contributed by atoms with van der Waals surface area (Å²) in [5.41, 5.74) is -0.0807. The number of carbonyl (C=O) groups is 1. The molecule has 0 saturated carbocycles. The van der Waals surface area contributed by atoms with E-state index in [4.69, 9.17) is 4.74 Å². The second-order valence-electron chi connectivity index (χ2n) is 4.02. The van der Waals surface area contributed by atoms with Crippen molar-refractivity contribution in [3.63, 3.8) is 0 Å². The smallest absolute Gasteiger partial charge is 0.155 e. The van der Waals surface area contributed by atoms with Gasteiger partial charge in [0.15, 0.2) is 5.78 Å². The maximum Gasteiger partial charge on any atom is 0.155 e. The van der Waals surface area contributed by atoms with Gasteiger partial charge in [0.1, 0.15) is 0 Å². The van der Waals surface area contributed by atoms with Crippen molar-refractivity contribution in [1.82, 2.24) is 0 Å². The van der Waals surface area contributed by atoms with E-state index in [-0.39, 0.29) is 11.4 Å². The molecule has 1 saturated heterocycles. The summed E-state index contributed by atoms with van der Waals surface area (Å²) in [7, 11) is 0. The van der Waals surface area contributed by atoms with Crippen LogP contribution in [-0.4, -0.2) is 18.0 Å². The van der Waals surface area contributed by atoms with Crippen molar-refractivity contribution in [2.75, 3.05) is 6.61 Å². The third-order valence-corrected chi connectivity index (χ3v) is 3.27. The molecule has 2 atom stereocenters. The standard InChI is InChI=1S/C11H16O2/c1-2-9-8-10(12)4-6-11(9)5-3-7-13-11/h4,6,9H,2-3,5,7-8H2,1H3. The molecule has 0 amide bonds. The third kappa shape index (κ3) is 1.44. The van der Waals surface area contributed by atoms with Gasteiger partial charge in [-0.25, -0.2) is 0 Å². The lowest BCUT2D eigenvalue weighted by Gasteiger charge is -2.35. The molecule has 0 bridgehead atoms. The Labute approximate surface area is 79.0 Å². The van der Waals surface area contributed by atoms with Crippen molar-refractivity contribution in [2.45, 2.75) is 38.2 Å². The van der Waals surface area contributed by atoms with Gasteiger partial charge >= 0.3 is 0 Å². The fourth-order valence-electron chi connectivity index (χ4n) is 2.48. The van der Waals surface area contributed by atoms with Crippen LogP contribution in [0.3, 0.4) is 0 Å². The first kappa shape index (κ1) is 8.95. The molecule has 2 unspecified atom stereocenters. The average molecular weight is 180 g/mol. The molecule has 0 N–H and O–H groups in total. The molecule has 13 heavy (non-hydrogen) atoms. The van der Waals surface area contributed by atoms with Crippen LogP contribution in [-0.2, 0) is 9.53 Å². The maximum atomic E-state index is 11.2. The molecule has 2 aliphatic rings. The summed E-state index contributed by atoms with van der Waals surface area (Å²) in [6, 6.07) is 0. The largest absolute Gasteiger partial charge is 0.371 e. The first-order valence-corrected chi connectivity index (χ1v) is 5.13. The third-order valence-electron chi connectivity index (χ3n) is 3.27. The molecule has 1 aliphatic carbocycles. The van der Waals surface area contributed by atoms with Gasteiger partial charge in [-0.2, -0.15) is 0 Å². The van der Waals surface area contributed by atoms with Gasteiger partial charge in [-0.15, -0.1) is 0 Å². The minimum Gasteiger partial charge on any atom is -0.371 e. The summed E-state index contributed by atoms with van der Waals surface area (Å²) in [6.07, 6.45) is 7.64. The van der Waals surface area contributed by atoms with Gasteiger partial charge in [-0.1, -0.05) is 6.92 Å². The number of ketones is 1. The maximum absolute atomic E-state index is 11.2. The van der Waals surface area contributed by atoms with Crippen LogP contribution in [0.5, 0.6) is 0 Å². The quantitative estimate of drug-likeness (QED) is 0.617. The highest BCUT2D eigenvalue weighted by atomic mass is 16.5. The molecule has 1 fully saturated rings. The molecule has 72 valence electrons. The first-order valence-electron chi connectivity index (χ1n) is 5.13. The van der Waals surface area contributed by atoms with E-state index in [0.29, 0.717) is 12.3 Å². The summed E-state index contributed by atoms with van der Waals surface area (Å²) < 4.78 is 5.79. The van der Waals surface area contributed by atoms with Gasteiger partial charge in [-0.05, 0) is 37.3 Å². The number of carbonyl (C=O) groups excluding carboxylic acids is 1. The lowest BCUT2D eigenvalue weighted by atomic mass is 9.76. The summed E-state index contributed by atoms with van der Waals surface area (Å²) in [6.45, 7) is 3.00. The van der Waals surface area contributed by atoms with Crippen LogP contribution < -0.4 is 0 Å². The summed E-state index contributed by atoms with van der Waals surface area (Å²) in [5, 5.41) is 0. The Balaban J connectivity index is 2.24. The fraction of sp³-hybridized carbons (Fsp3) is 0.727. The number of ether oxygens (including phenoxy) is 1. The zero-order chi connectivity index (χ0) is 9.31. The van der Waals surface area contributed by atoms with Crippen LogP contribution in [0.4, 0.5) is 0 Å². The lowest BCUT2D eigenvalue weighted by molar-refractivity contribution is -0.119. The highest BCUT2D eigenvalue weighted by Gasteiger charge is 2.42. The Morgan fingerprint density at radius 3 is 3.15 bits per heavy atom. The summed E-state index contributed by atoms with van der Waals surface area (Å²) >= 11 is 0. The van der Waals surface area contributed by atoms with E-state index in [9.17, 15) is 4.79 Å². The SMILES string of the molecule is CCC1CC(=O)C=CC12CCCO2. The van der Waals surface area contributed by atoms with Crippen LogP contribution in [0.25, 0.3) is 0 Å².